The van der Waals surface area contributed by atoms with Gasteiger partial charge in [0.15, 0.2) is 0 Å². The van der Waals surface area contributed by atoms with E-state index in [4.69, 9.17) is 9.72 Å². The monoisotopic (exact) mass is 432 g/mol. The molecule has 0 atom stereocenters. The van der Waals surface area contributed by atoms with Gasteiger partial charge in [0.05, 0.1) is 23.9 Å². The standard InChI is InChI=1S/C28H36N2O2/c1-5-7-11-19-30(20-12-8-6-2)28(31)26-21(3)27(22-15-17-23(32-4)18-16-22)29-25-14-10-9-13-24(25)26/h9-10,13-18H,5-8,11-12,19-20H2,1-4H3. The van der Waals surface area contributed by atoms with Gasteiger partial charge in [0.1, 0.15) is 5.75 Å². The highest BCUT2D eigenvalue weighted by Gasteiger charge is 2.23. The van der Waals surface area contributed by atoms with Crippen LogP contribution in [0.4, 0.5) is 0 Å². The van der Waals surface area contributed by atoms with Crippen molar-refractivity contribution in [3.8, 4) is 17.0 Å². The number of fused-ring (bicyclic) bond motifs is 1. The zero-order valence-corrected chi connectivity index (χ0v) is 20.0. The van der Waals surface area contributed by atoms with E-state index in [0.717, 1.165) is 90.7 Å². The Morgan fingerprint density at radius 3 is 2.12 bits per heavy atom. The summed E-state index contributed by atoms with van der Waals surface area (Å²) in [4.78, 5) is 20.9. The maximum Gasteiger partial charge on any atom is 0.254 e. The Hall–Kier alpha value is -2.88. The van der Waals surface area contributed by atoms with Crippen LogP contribution < -0.4 is 4.74 Å². The summed E-state index contributed by atoms with van der Waals surface area (Å²) in [5.41, 5.74) is 4.43. The van der Waals surface area contributed by atoms with Crippen molar-refractivity contribution in [2.24, 2.45) is 0 Å². The van der Waals surface area contributed by atoms with Crippen LogP contribution in [0.2, 0.25) is 0 Å². The van der Waals surface area contributed by atoms with E-state index in [-0.39, 0.29) is 5.91 Å². The number of unbranched alkanes of at least 4 members (excludes halogenated alkanes) is 4. The molecule has 0 radical (unpaired) electrons. The van der Waals surface area contributed by atoms with Gasteiger partial charge >= 0.3 is 0 Å². The zero-order valence-electron chi connectivity index (χ0n) is 20.0. The van der Waals surface area contributed by atoms with Crippen LogP contribution in [0.15, 0.2) is 48.5 Å². The third kappa shape index (κ3) is 5.48. The first kappa shape index (κ1) is 23.8. The molecule has 0 N–H and O–H groups in total. The molecule has 1 amide bonds. The number of rotatable bonds is 11. The Bertz CT molecular complexity index is 1020. The Kier molecular flexibility index (Phi) is 8.66. The van der Waals surface area contributed by atoms with Crippen molar-refractivity contribution in [2.75, 3.05) is 20.2 Å². The molecule has 0 bridgehead atoms. The smallest absolute Gasteiger partial charge is 0.254 e. The molecule has 3 rings (SSSR count). The summed E-state index contributed by atoms with van der Waals surface area (Å²) >= 11 is 0. The SMILES string of the molecule is CCCCCN(CCCCC)C(=O)c1c(C)c(-c2ccc(OC)cc2)nc2ccccc12. The van der Waals surface area contributed by atoms with Gasteiger partial charge in [0.25, 0.3) is 5.91 Å². The fourth-order valence-corrected chi connectivity index (χ4v) is 4.19. The molecular formula is C28H36N2O2. The Labute approximate surface area is 192 Å². The number of carbonyl (C=O) groups excluding carboxylic acids is 1. The minimum atomic E-state index is 0.128. The van der Waals surface area contributed by atoms with E-state index in [9.17, 15) is 4.79 Å². The van der Waals surface area contributed by atoms with Gasteiger partial charge in [-0.2, -0.15) is 0 Å². The van der Waals surface area contributed by atoms with Crippen LogP contribution in [-0.2, 0) is 0 Å². The maximum absolute atomic E-state index is 13.9. The first-order valence-corrected chi connectivity index (χ1v) is 11.9. The molecule has 0 saturated heterocycles. The quantitative estimate of drug-likeness (QED) is 0.305. The minimum absolute atomic E-state index is 0.128. The van der Waals surface area contributed by atoms with Crippen molar-refractivity contribution < 1.29 is 9.53 Å². The predicted octanol–water partition coefficient (Wildman–Crippen LogP) is 7.04. The number of benzene rings is 2. The fourth-order valence-electron chi connectivity index (χ4n) is 4.19. The fraction of sp³-hybridized carbons (Fsp3) is 0.429. The van der Waals surface area contributed by atoms with Crippen molar-refractivity contribution in [1.82, 2.24) is 9.88 Å². The topological polar surface area (TPSA) is 42.4 Å². The van der Waals surface area contributed by atoms with Gasteiger partial charge in [0, 0.05) is 24.0 Å². The van der Waals surface area contributed by atoms with Gasteiger partial charge < -0.3 is 9.64 Å². The second-order valence-corrected chi connectivity index (χ2v) is 8.41. The molecule has 1 aromatic heterocycles. The number of carbonyl (C=O) groups is 1. The van der Waals surface area contributed by atoms with Crippen molar-refractivity contribution >= 4 is 16.8 Å². The summed E-state index contributed by atoms with van der Waals surface area (Å²) in [6, 6.07) is 15.9. The normalized spacial score (nSPS) is 11.0. The van der Waals surface area contributed by atoms with Crippen LogP contribution in [0.1, 0.15) is 68.3 Å². The van der Waals surface area contributed by atoms with Crippen LogP contribution in [0.5, 0.6) is 5.75 Å². The van der Waals surface area contributed by atoms with E-state index in [1.165, 1.54) is 0 Å². The highest BCUT2D eigenvalue weighted by molar-refractivity contribution is 6.08. The van der Waals surface area contributed by atoms with Crippen molar-refractivity contribution in [3.05, 3.63) is 59.7 Å². The van der Waals surface area contributed by atoms with Crippen LogP contribution >= 0.6 is 0 Å². The number of pyridine rings is 1. The summed E-state index contributed by atoms with van der Waals surface area (Å²) in [5.74, 6) is 0.935. The van der Waals surface area contributed by atoms with Gasteiger partial charge in [-0.25, -0.2) is 4.98 Å². The van der Waals surface area contributed by atoms with Gasteiger partial charge in [0.2, 0.25) is 0 Å². The average molecular weight is 433 g/mol. The molecule has 3 aromatic rings. The van der Waals surface area contributed by atoms with Gasteiger partial charge in [-0.1, -0.05) is 57.7 Å². The summed E-state index contributed by atoms with van der Waals surface area (Å²) in [6.07, 6.45) is 6.67. The average Bonchev–Trinajstić information content (AvgIpc) is 2.82. The Morgan fingerprint density at radius 2 is 1.53 bits per heavy atom. The van der Waals surface area contributed by atoms with E-state index in [2.05, 4.69) is 18.7 Å². The van der Waals surface area contributed by atoms with E-state index >= 15 is 0 Å². The number of hydrogen-bond acceptors (Lipinski definition) is 3. The molecule has 32 heavy (non-hydrogen) atoms. The largest absolute Gasteiger partial charge is 0.497 e. The summed E-state index contributed by atoms with van der Waals surface area (Å²) in [5, 5.41) is 0.934. The summed E-state index contributed by atoms with van der Waals surface area (Å²) < 4.78 is 5.31. The molecule has 4 heteroatoms. The highest BCUT2D eigenvalue weighted by atomic mass is 16.5. The first-order chi connectivity index (χ1) is 15.6. The molecule has 0 spiro atoms. The molecule has 0 unspecified atom stereocenters. The number of nitrogens with zero attached hydrogens (tertiary/aromatic N) is 2. The van der Waals surface area contributed by atoms with E-state index in [0.29, 0.717) is 0 Å². The molecule has 0 aliphatic carbocycles. The number of hydrogen-bond donors (Lipinski definition) is 0. The lowest BCUT2D eigenvalue weighted by atomic mass is 9.96. The molecule has 170 valence electrons. The number of ether oxygens (including phenoxy) is 1. The van der Waals surface area contributed by atoms with Crippen LogP contribution in [-0.4, -0.2) is 36.0 Å². The number of para-hydroxylation sites is 1. The molecule has 1 heterocycles. The highest BCUT2D eigenvalue weighted by Crippen LogP contribution is 2.31. The molecular weight excluding hydrogens is 396 g/mol. The van der Waals surface area contributed by atoms with Crippen molar-refractivity contribution in [2.45, 2.75) is 59.3 Å². The second kappa shape index (κ2) is 11.7. The lowest BCUT2D eigenvalue weighted by Crippen LogP contribution is -2.33. The third-order valence-electron chi connectivity index (χ3n) is 6.06. The van der Waals surface area contributed by atoms with Gasteiger partial charge in [-0.05, 0) is 55.7 Å². The van der Waals surface area contributed by atoms with Gasteiger partial charge in [-0.3, -0.25) is 4.79 Å². The molecule has 2 aromatic carbocycles. The van der Waals surface area contributed by atoms with Crippen LogP contribution in [0.25, 0.3) is 22.2 Å². The molecule has 4 nitrogen and oxygen atoms in total. The van der Waals surface area contributed by atoms with Gasteiger partial charge in [-0.15, -0.1) is 0 Å². The Morgan fingerprint density at radius 1 is 0.906 bits per heavy atom. The van der Waals surface area contributed by atoms with E-state index in [1.54, 1.807) is 7.11 Å². The number of aromatic nitrogens is 1. The summed E-state index contributed by atoms with van der Waals surface area (Å²) in [7, 11) is 1.66. The molecule has 0 aliphatic heterocycles. The minimum Gasteiger partial charge on any atom is -0.497 e. The zero-order chi connectivity index (χ0) is 22.9. The van der Waals surface area contributed by atoms with E-state index < -0.39 is 0 Å². The predicted molar refractivity (Wildman–Crippen MR) is 133 cm³/mol. The molecule has 0 saturated carbocycles. The lowest BCUT2D eigenvalue weighted by molar-refractivity contribution is 0.0751. The Balaban J connectivity index is 2.07. The number of amides is 1. The van der Waals surface area contributed by atoms with Crippen LogP contribution in [0.3, 0.4) is 0 Å². The third-order valence-corrected chi connectivity index (χ3v) is 6.06. The first-order valence-electron chi connectivity index (χ1n) is 11.9. The molecule has 0 fully saturated rings. The van der Waals surface area contributed by atoms with E-state index in [1.807, 2.05) is 55.5 Å². The molecule has 0 aliphatic rings. The van der Waals surface area contributed by atoms with Crippen LogP contribution in [0, 0.1) is 6.92 Å². The lowest BCUT2D eigenvalue weighted by Gasteiger charge is -2.25. The second-order valence-electron chi connectivity index (χ2n) is 8.41. The number of methoxy groups -OCH3 is 1. The maximum atomic E-state index is 13.9. The summed E-state index contributed by atoms with van der Waals surface area (Å²) in [6.45, 7) is 8.05. The van der Waals surface area contributed by atoms with Crippen molar-refractivity contribution in [3.63, 3.8) is 0 Å². The van der Waals surface area contributed by atoms with Crippen molar-refractivity contribution in [1.29, 1.82) is 0 Å².